The van der Waals surface area contributed by atoms with E-state index in [-0.39, 0.29) is 35.7 Å². The largest absolute Gasteiger partial charge is 0.489 e. The zero-order valence-electron chi connectivity index (χ0n) is 16.9. The van der Waals surface area contributed by atoms with Crippen molar-refractivity contribution in [2.24, 2.45) is 5.92 Å². The molecular weight excluding hydrogens is 403 g/mol. The van der Waals surface area contributed by atoms with E-state index in [0.717, 1.165) is 0 Å². The molecule has 0 unspecified atom stereocenters. The molecule has 2 aliphatic heterocycles. The third-order valence-electron chi connectivity index (χ3n) is 6.12. The van der Waals surface area contributed by atoms with Crippen LogP contribution in [0.4, 0.5) is 4.39 Å². The van der Waals surface area contributed by atoms with Gasteiger partial charge in [0.05, 0.1) is 5.56 Å². The molecule has 0 saturated carbocycles. The highest BCUT2D eigenvalue weighted by Crippen LogP contribution is 2.34. The molecule has 0 spiro atoms. The summed E-state index contributed by atoms with van der Waals surface area (Å²) in [5.74, 6) is -0.208. The maximum absolute atomic E-state index is 13.4. The van der Waals surface area contributed by atoms with E-state index < -0.39 is 5.82 Å². The van der Waals surface area contributed by atoms with Crippen molar-refractivity contribution in [2.75, 3.05) is 13.1 Å². The van der Waals surface area contributed by atoms with Crippen LogP contribution in [0.5, 0.6) is 5.75 Å². The zero-order chi connectivity index (χ0) is 21.7. The van der Waals surface area contributed by atoms with Gasteiger partial charge in [0.2, 0.25) is 0 Å². The number of aromatic amines is 1. The second-order valence-electron chi connectivity index (χ2n) is 8.14. The summed E-state index contributed by atoms with van der Waals surface area (Å²) >= 11 is 0. The van der Waals surface area contributed by atoms with Crippen LogP contribution < -0.4 is 10.3 Å². The molecule has 0 radical (unpaired) electrons. The van der Waals surface area contributed by atoms with Crippen LogP contribution in [0.1, 0.15) is 45.7 Å². The summed E-state index contributed by atoms with van der Waals surface area (Å²) in [5.41, 5.74) is 1.26. The van der Waals surface area contributed by atoms with Crippen LogP contribution in [0.25, 0.3) is 5.65 Å². The van der Waals surface area contributed by atoms with Crippen molar-refractivity contribution in [3.05, 3.63) is 63.5 Å². The molecule has 160 valence electrons. The van der Waals surface area contributed by atoms with Gasteiger partial charge in [0.1, 0.15) is 23.2 Å². The van der Waals surface area contributed by atoms with Gasteiger partial charge >= 0.3 is 0 Å². The van der Waals surface area contributed by atoms with Crippen LogP contribution in [0, 0.1) is 18.7 Å². The third kappa shape index (κ3) is 3.39. The second kappa shape index (κ2) is 7.33. The fourth-order valence-electron chi connectivity index (χ4n) is 4.48. The summed E-state index contributed by atoms with van der Waals surface area (Å²) in [4.78, 5) is 43.6. The van der Waals surface area contributed by atoms with Crippen LogP contribution in [0.2, 0.25) is 0 Å². The van der Waals surface area contributed by atoms with E-state index >= 15 is 0 Å². The molecule has 3 aromatic rings. The predicted molar refractivity (Wildman–Crippen MR) is 109 cm³/mol. The van der Waals surface area contributed by atoms with Gasteiger partial charge in [0.15, 0.2) is 11.4 Å². The van der Waals surface area contributed by atoms with Gasteiger partial charge in [-0.25, -0.2) is 13.9 Å². The quantitative estimate of drug-likeness (QED) is 0.681. The number of ether oxygens (including phenoxy) is 1. The highest BCUT2D eigenvalue weighted by atomic mass is 19.1. The average molecular weight is 424 g/mol. The SMILES string of the molecule is Cc1cc(=O)n2[nH]cc(C(=O)N3CCC([C@H]4CC(=O)c5cc(F)ccc5O4)CC3)c2n1. The first-order valence-corrected chi connectivity index (χ1v) is 10.3. The van der Waals surface area contributed by atoms with Crippen LogP contribution in [0.3, 0.4) is 0 Å². The van der Waals surface area contributed by atoms with Crippen LogP contribution in [-0.2, 0) is 0 Å². The molecule has 0 bridgehead atoms. The van der Waals surface area contributed by atoms with E-state index in [1.54, 1.807) is 11.8 Å². The number of Topliss-reactive ketones (excluding diaryl/α,β-unsaturated/α-hetero) is 1. The molecule has 31 heavy (non-hydrogen) atoms. The summed E-state index contributed by atoms with van der Waals surface area (Å²) < 4.78 is 20.7. The number of hydrogen-bond donors (Lipinski definition) is 1. The number of benzene rings is 1. The van der Waals surface area contributed by atoms with Gasteiger partial charge in [0, 0.05) is 37.5 Å². The Kier molecular flexibility index (Phi) is 4.60. The number of aromatic nitrogens is 3. The number of aryl methyl sites for hydroxylation is 1. The highest BCUT2D eigenvalue weighted by Gasteiger charge is 2.36. The van der Waals surface area contributed by atoms with Gasteiger partial charge in [-0.1, -0.05) is 0 Å². The van der Waals surface area contributed by atoms with E-state index in [9.17, 15) is 18.8 Å². The number of fused-ring (bicyclic) bond motifs is 2. The van der Waals surface area contributed by atoms with Gasteiger partial charge in [-0.15, -0.1) is 0 Å². The topological polar surface area (TPSA) is 96.8 Å². The van der Waals surface area contributed by atoms with Crippen LogP contribution >= 0.6 is 0 Å². The number of carbonyl (C=O) groups is 2. The number of rotatable bonds is 2. The zero-order valence-corrected chi connectivity index (χ0v) is 16.9. The molecule has 5 rings (SSSR count). The third-order valence-corrected chi connectivity index (χ3v) is 6.12. The Morgan fingerprint density at radius 3 is 2.77 bits per heavy atom. The molecule has 2 aliphatic rings. The summed E-state index contributed by atoms with van der Waals surface area (Å²) in [6, 6.07) is 5.41. The van der Waals surface area contributed by atoms with Gasteiger partial charge < -0.3 is 9.64 Å². The van der Waals surface area contributed by atoms with Gasteiger partial charge in [-0.3, -0.25) is 19.5 Å². The minimum Gasteiger partial charge on any atom is -0.489 e. The molecule has 2 aromatic heterocycles. The Morgan fingerprint density at radius 2 is 2.00 bits per heavy atom. The number of carbonyl (C=O) groups excluding carboxylic acids is 2. The summed E-state index contributed by atoms with van der Waals surface area (Å²) in [5, 5.41) is 2.79. The monoisotopic (exact) mass is 424 g/mol. The van der Waals surface area contributed by atoms with Crippen molar-refractivity contribution in [1.82, 2.24) is 19.5 Å². The number of piperidine rings is 1. The van der Waals surface area contributed by atoms with Crippen LogP contribution in [-0.4, -0.2) is 50.4 Å². The summed E-state index contributed by atoms with van der Waals surface area (Å²) in [7, 11) is 0. The van der Waals surface area contributed by atoms with E-state index in [4.69, 9.17) is 4.74 Å². The molecule has 1 saturated heterocycles. The first-order chi connectivity index (χ1) is 14.9. The molecule has 9 heteroatoms. The first-order valence-electron chi connectivity index (χ1n) is 10.3. The lowest BCUT2D eigenvalue weighted by Gasteiger charge is -2.37. The normalized spacial score (nSPS) is 19.4. The molecule has 0 aliphatic carbocycles. The number of hydrogen-bond acceptors (Lipinski definition) is 5. The lowest BCUT2D eigenvalue weighted by Crippen LogP contribution is -2.44. The predicted octanol–water partition coefficient (Wildman–Crippen LogP) is 2.36. The number of nitrogens with zero attached hydrogens (tertiary/aromatic N) is 3. The molecule has 8 nitrogen and oxygen atoms in total. The lowest BCUT2D eigenvalue weighted by atomic mass is 9.86. The number of likely N-dealkylation sites (tertiary alicyclic amines) is 1. The number of nitrogens with one attached hydrogen (secondary N) is 1. The van der Waals surface area contributed by atoms with Crippen molar-refractivity contribution in [2.45, 2.75) is 32.3 Å². The van der Waals surface area contributed by atoms with Gasteiger partial charge in [0.25, 0.3) is 11.5 Å². The Labute approximate surface area is 176 Å². The minimum atomic E-state index is -0.454. The molecular formula is C22H21FN4O4. The van der Waals surface area contributed by atoms with Crippen molar-refractivity contribution >= 4 is 17.3 Å². The first kappa shape index (κ1) is 19.5. The second-order valence-corrected chi connectivity index (χ2v) is 8.14. The molecule has 1 fully saturated rings. The summed E-state index contributed by atoms with van der Waals surface area (Å²) in [6.45, 7) is 2.74. The molecule has 1 amide bonds. The Morgan fingerprint density at radius 1 is 1.23 bits per heavy atom. The van der Waals surface area contributed by atoms with E-state index in [1.165, 1.54) is 35.0 Å². The molecule has 1 atom stereocenters. The number of halogens is 1. The maximum Gasteiger partial charge on any atom is 0.272 e. The van der Waals surface area contributed by atoms with Gasteiger partial charge in [-0.2, -0.15) is 0 Å². The van der Waals surface area contributed by atoms with Crippen molar-refractivity contribution < 1.29 is 18.7 Å². The maximum atomic E-state index is 13.4. The van der Waals surface area contributed by atoms with E-state index in [2.05, 4.69) is 10.1 Å². The Bertz CT molecular complexity index is 1260. The van der Waals surface area contributed by atoms with Gasteiger partial charge in [-0.05, 0) is 43.9 Å². The molecule has 1 aromatic carbocycles. The summed E-state index contributed by atoms with van der Waals surface area (Å²) in [6.07, 6.45) is 2.82. The lowest BCUT2D eigenvalue weighted by molar-refractivity contribution is 0.0452. The molecule has 1 N–H and O–H groups in total. The van der Waals surface area contributed by atoms with E-state index in [0.29, 0.717) is 54.1 Å². The van der Waals surface area contributed by atoms with Crippen molar-refractivity contribution in [3.8, 4) is 5.75 Å². The van der Waals surface area contributed by atoms with Crippen LogP contribution in [0.15, 0.2) is 35.3 Å². The highest BCUT2D eigenvalue weighted by molar-refractivity contribution is 6.00. The van der Waals surface area contributed by atoms with Crippen molar-refractivity contribution in [1.29, 1.82) is 0 Å². The number of H-pyrrole nitrogens is 1. The number of ketones is 1. The Hall–Kier alpha value is -3.49. The molecule has 4 heterocycles. The smallest absolute Gasteiger partial charge is 0.272 e. The standard InChI is InChI=1S/C22H21FN4O4/c1-12-8-20(29)27-21(25-12)16(11-24-27)22(30)26-6-4-13(5-7-26)19-10-17(28)15-9-14(23)2-3-18(15)31-19/h2-3,8-9,11,13,19,24H,4-7,10H2,1H3/t19-/m1/s1. The Balaban J connectivity index is 1.29. The fourth-order valence-corrected chi connectivity index (χ4v) is 4.48. The van der Waals surface area contributed by atoms with E-state index in [1.807, 2.05) is 0 Å². The minimum absolute atomic E-state index is 0.116. The average Bonchev–Trinajstić information content (AvgIpc) is 3.18. The number of amides is 1. The fraction of sp³-hybridized carbons (Fsp3) is 0.364. The van der Waals surface area contributed by atoms with Crippen molar-refractivity contribution in [3.63, 3.8) is 0 Å².